The Morgan fingerprint density at radius 1 is 1.06 bits per heavy atom. The highest BCUT2D eigenvalue weighted by atomic mass is 32.2. The van der Waals surface area contributed by atoms with E-state index in [2.05, 4.69) is 41.4 Å². The molecule has 31 heavy (non-hydrogen) atoms. The average Bonchev–Trinajstić information content (AvgIpc) is 3.21. The highest BCUT2D eigenvalue weighted by Gasteiger charge is 2.18. The van der Waals surface area contributed by atoms with Crippen molar-refractivity contribution in [3.63, 3.8) is 0 Å². The van der Waals surface area contributed by atoms with Crippen molar-refractivity contribution in [1.29, 1.82) is 0 Å². The van der Waals surface area contributed by atoms with Crippen LogP contribution >= 0.6 is 11.8 Å². The molecule has 4 rings (SSSR count). The van der Waals surface area contributed by atoms with Gasteiger partial charge in [0.05, 0.1) is 10.9 Å². The Hall–Kier alpha value is -2.64. The van der Waals surface area contributed by atoms with E-state index >= 15 is 0 Å². The molecule has 0 radical (unpaired) electrons. The highest BCUT2D eigenvalue weighted by Crippen LogP contribution is 2.27. The number of nitrogens with zero attached hydrogens (tertiary/aromatic N) is 4. The molecule has 0 saturated heterocycles. The normalized spacial score (nSPS) is 12.6. The minimum absolute atomic E-state index is 0.0272. The molecule has 0 bridgehead atoms. The van der Waals surface area contributed by atoms with Gasteiger partial charge in [0.15, 0.2) is 5.16 Å². The molecule has 0 spiro atoms. The van der Waals surface area contributed by atoms with Crippen LogP contribution in [-0.4, -0.2) is 37.6 Å². The minimum Gasteiger partial charge on any atom is -0.382 e. The van der Waals surface area contributed by atoms with Crippen molar-refractivity contribution >= 4 is 28.4 Å². The van der Waals surface area contributed by atoms with Gasteiger partial charge in [-0.25, -0.2) is 0 Å². The van der Waals surface area contributed by atoms with E-state index in [0.29, 0.717) is 36.2 Å². The SMILES string of the molecule is CCOCCCn1c(=O)c2ccccc2n2c(SC(C)CCc3ccccc3)nnc12. The summed E-state index contributed by atoms with van der Waals surface area (Å²) >= 11 is 1.71. The largest absolute Gasteiger partial charge is 0.382 e. The Balaban J connectivity index is 1.63. The van der Waals surface area contributed by atoms with Crippen LogP contribution < -0.4 is 5.56 Å². The zero-order valence-corrected chi connectivity index (χ0v) is 18.8. The fourth-order valence-corrected chi connectivity index (χ4v) is 4.70. The number of rotatable bonds is 10. The first-order valence-corrected chi connectivity index (χ1v) is 11.7. The zero-order valence-electron chi connectivity index (χ0n) is 18.0. The van der Waals surface area contributed by atoms with Gasteiger partial charge in [-0.1, -0.05) is 61.2 Å². The number of aryl methyl sites for hydroxylation is 2. The summed E-state index contributed by atoms with van der Waals surface area (Å²) in [5, 5.41) is 10.8. The third kappa shape index (κ3) is 4.83. The van der Waals surface area contributed by atoms with E-state index in [0.717, 1.165) is 29.9 Å². The van der Waals surface area contributed by atoms with Gasteiger partial charge in [0.2, 0.25) is 5.78 Å². The molecular formula is C24H28N4O2S. The van der Waals surface area contributed by atoms with E-state index in [-0.39, 0.29) is 5.56 Å². The summed E-state index contributed by atoms with van der Waals surface area (Å²) in [6.07, 6.45) is 2.81. The Bertz CT molecular complexity index is 1200. The molecule has 0 aliphatic carbocycles. The predicted octanol–water partition coefficient (Wildman–Crippen LogP) is 4.58. The molecule has 0 aliphatic rings. The van der Waals surface area contributed by atoms with Crippen molar-refractivity contribution in [3.05, 3.63) is 70.5 Å². The van der Waals surface area contributed by atoms with Gasteiger partial charge in [-0.3, -0.25) is 13.8 Å². The maximum absolute atomic E-state index is 13.1. The summed E-state index contributed by atoms with van der Waals surface area (Å²) in [6, 6.07) is 18.2. The molecule has 0 fully saturated rings. The van der Waals surface area contributed by atoms with Crippen LogP contribution in [0.25, 0.3) is 16.7 Å². The molecule has 2 aromatic carbocycles. The third-order valence-electron chi connectivity index (χ3n) is 5.34. The Kier molecular flexibility index (Phi) is 7.04. The number of hydrogen-bond acceptors (Lipinski definition) is 5. The van der Waals surface area contributed by atoms with Crippen LogP contribution in [0.4, 0.5) is 0 Å². The third-order valence-corrected chi connectivity index (χ3v) is 6.45. The molecule has 7 heteroatoms. The van der Waals surface area contributed by atoms with Crippen molar-refractivity contribution in [1.82, 2.24) is 19.2 Å². The summed E-state index contributed by atoms with van der Waals surface area (Å²) in [4.78, 5) is 13.1. The number of hydrogen-bond donors (Lipinski definition) is 0. The van der Waals surface area contributed by atoms with E-state index in [9.17, 15) is 4.79 Å². The zero-order chi connectivity index (χ0) is 21.6. The topological polar surface area (TPSA) is 61.4 Å². The average molecular weight is 437 g/mol. The number of aromatic nitrogens is 4. The Labute approximate surface area is 186 Å². The van der Waals surface area contributed by atoms with Gasteiger partial charge in [-0.2, -0.15) is 0 Å². The van der Waals surface area contributed by atoms with Crippen molar-refractivity contribution < 1.29 is 4.74 Å². The molecule has 2 aromatic heterocycles. The number of thioether (sulfide) groups is 1. The summed E-state index contributed by atoms with van der Waals surface area (Å²) < 4.78 is 9.21. The highest BCUT2D eigenvalue weighted by molar-refractivity contribution is 7.99. The minimum atomic E-state index is -0.0272. The quantitative estimate of drug-likeness (QED) is 0.269. The number of fused-ring (bicyclic) bond motifs is 3. The molecule has 0 aliphatic heterocycles. The second-order valence-corrected chi connectivity index (χ2v) is 9.00. The molecule has 0 N–H and O–H groups in total. The van der Waals surface area contributed by atoms with Gasteiger partial charge < -0.3 is 4.74 Å². The van der Waals surface area contributed by atoms with Gasteiger partial charge >= 0.3 is 0 Å². The molecule has 162 valence electrons. The lowest BCUT2D eigenvalue weighted by Crippen LogP contribution is -2.24. The Morgan fingerprint density at radius 2 is 1.84 bits per heavy atom. The van der Waals surface area contributed by atoms with Crippen molar-refractivity contribution in [3.8, 4) is 0 Å². The van der Waals surface area contributed by atoms with Crippen LogP contribution in [0.2, 0.25) is 0 Å². The van der Waals surface area contributed by atoms with E-state index < -0.39 is 0 Å². The number of benzene rings is 2. The fraction of sp³-hybridized carbons (Fsp3) is 0.375. The molecule has 6 nitrogen and oxygen atoms in total. The lowest BCUT2D eigenvalue weighted by atomic mass is 10.1. The van der Waals surface area contributed by atoms with Crippen LogP contribution in [0.15, 0.2) is 64.5 Å². The van der Waals surface area contributed by atoms with Gasteiger partial charge in [0.1, 0.15) is 0 Å². The molecule has 0 saturated carbocycles. The molecule has 4 aromatic rings. The van der Waals surface area contributed by atoms with Gasteiger partial charge in [0.25, 0.3) is 5.56 Å². The van der Waals surface area contributed by atoms with Gasteiger partial charge in [0, 0.05) is 25.0 Å². The van der Waals surface area contributed by atoms with E-state index in [1.807, 2.05) is 41.7 Å². The standard InChI is InChI=1S/C24H28N4O2S/c1-3-30-17-9-16-27-22(29)20-12-7-8-13-21(20)28-23(27)25-26-24(28)31-18(2)14-15-19-10-5-4-6-11-19/h4-8,10-13,18H,3,9,14-17H2,1-2H3. The summed E-state index contributed by atoms with van der Waals surface area (Å²) in [5.41, 5.74) is 2.17. The van der Waals surface area contributed by atoms with Crippen molar-refractivity contribution in [2.75, 3.05) is 13.2 Å². The van der Waals surface area contributed by atoms with Crippen LogP contribution in [0.1, 0.15) is 32.3 Å². The first-order chi connectivity index (χ1) is 15.2. The van der Waals surface area contributed by atoms with Crippen LogP contribution in [-0.2, 0) is 17.7 Å². The summed E-state index contributed by atoms with van der Waals surface area (Å²) in [6.45, 7) is 6.04. The maximum Gasteiger partial charge on any atom is 0.262 e. The van der Waals surface area contributed by atoms with Crippen LogP contribution in [0.5, 0.6) is 0 Å². The molecule has 0 amide bonds. The first-order valence-electron chi connectivity index (χ1n) is 10.8. The van der Waals surface area contributed by atoms with Gasteiger partial charge in [-0.15, -0.1) is 10.2 Å². The number of para-hydroxylation sites is 1. The number of ether oxygens (including phenoxy) is 1. The Morgan fingerprint density at radius 3 is 2.65 bits per heavy atom. The molecule has 2 heterocycles. The fourth-order valence-electron chi connectivity index (χ4n) is 3.73. The molecule has 1 atom stereocenters. The monoisotopic (exact) mass is 436 g/mol. The molecule has 1 unspecified atom stereocenters. The second-order valence-electron chi connectivity index (χ2n) is 7.60. The lowest BCUT2D eigenvalue weighted by Gasteiger charge is -2.13. The second kappa shape index (κ2) is 10.1. The van der Waals surface area contributed by atoms with E-state index in [1.54, 1.807) is 16.3 Å². The maximum atomic E-state index is 13.1. The van der Waals surface area contributed by atoms with Crippen molar-refractivity contribution in [2.45, 2.75) is 50.1 Å². The van der Waals surface area contributed by atoms with Crippen LogP contribution in [0, 0.1) is 0 Å². The first kappa shape index (κ1) is 21.6. The van der Waals surface area contributed by atoms with E-state index in [1.165, 1.54) is 5.56 Å². The predicted molar refractivity (Wildman–Crippen MR) is 126 cm³/mol. The van der Waals surface area contributed by atoms with Gasteiger partial charge in [-0.05, 0) is 43.9 Å². The van der Waals surface area contributed by atoms with Crippen LogP contribution in [0.3, 0.4) is 0 Å². The smallest absolute Gasteiger partial charge is 0.262 e. The van der Waals surface area contributed by atoms with E-state index in [4.69, 9.17) is 4.74 Å². The van der Waals surface area contributed by atoms with Crippen molar-refractivity contribution in [2.24, 2.45) is 0 Å². The molecular weight excluding hydrogens is 408 g/mol. The summed E-state index contributed by atoms with van der Waals surface area (Å²) in [7, 11) is 0. The summed E-state index contributed by atoms with van der Waals surface area (Å²) in [5.74, 6) is 0.595. The lowest BCUT2D eigenvalue weighted by molar-refractivity contribution is 0.141.